The lowest BCUT2D eigenvalue weighted by atomic mass is 10.1. The molecule has 0 spiro atoms. The molecule has 3 rings (SSSR count). The summed E-state index contributed by atoms with van der Waals surface area (Å²) in [6.07, 6.45) is 1.36. The molecule has 1 aromatic heterocycles. The Labute approximate surface area is 191 Å². The summed E-state index contributed by atoms with van der Waals surface area (Å²) in [5.41, 5.74) is 8.17. The first-order valence-corrected chi connectivity index (χ1v) is 11.5. The zero-order valence-electron chi connectivity index (χ0n) is 18.2. The SMILES string of the molecule is CCOC(=O)c1cccc(NC(=O)C(CC)n2c(N)nnc2SCCc2ccccc2)c1. The number of esters is 1. The number of anilines is 2. The molecule has 1 unspecified atom stereocenters. The summed E-state index contributed by atoms with van der Waals surface area (Å²) >= 11 is 1.51. The number of aryl methyl sites for hydroxylation is 1. The van der Waals surface area contributed by atoms with Crippen molar-refractivity contribution in [2.45, 2.75) is 37.9 Å². The minimum Gasteiger partial charge on any atom is -0.462 e. The summed E-state index contributed by atoms with van der Waals surface area (Å²) in [5, 5.41) is 11.6. The lowest BCUT2D eigenvalue weighted by molar-refractivity contribution is -0.119. The van der Waals surface area contributed by atoms with Crippen molar-refractivity contribution in [3.63, 3.8) is 0 Å². The highest BCUT2D eigenvalue weighted by Gasteiger charge is 2.25. The number of rotatable bonds is 10. The van der Waals surface area contributed by atoms with Gasteiger partial charge in [0, 0.05) is 11.4 Å². The molecule has 2 aromatic carbocycles. The summed E-state index contributed by atoms with van der Waals surface area (Å²) in [6.45, 7) is 3.93. The molecule has 1 heterocycles. The Hall–Kier alpha value is -3.33. The average molecular weight is 454 g/mol. The maximum absolute atomic E-state index is 13.1. The summed E-state index contributed by atoms with van der Waals surface area (Å²) in [4.78, 5) is 25.1. The summed E-state index contributed by atoms with van der Waals surface area (Å²) < 4.78 is 6.69. The molecular weight excluding hydrogens is 426 g/mol. The summed E-state index contributed by atoms with van der Waals surface area (Å²) in [7, 11) is 0. The number of carbonyl (C=O) groups excluding carboxylic acids is 2. The van der Waals surface area contributed by atoms with E-state index in [0.717, 1.165) is 12.2 Å². The Bertz CT molecular complexity index is 1050. The zero-order chi connectivity index (χ0) is 22.9. The molecule has 3 N–H and O–H groups in total. The number of benzene rings is 2. The Morgan fingerprint density at radius 1 is 1.12 bits per heavy atom. The van der Waals surface area contributed by atoms with Gasteiger partial charge in [-0.1, -0.05) is 55.1 Å². The van der Waals surface area contributed by atoms with Gasteiger partial charge in [-0.05, 0) is 43.5 Å². The first-order valence-electron chi connectivity index (χ1n) is 10.5. The Balaban J connectivity index is 1.71. The fraction of sp³-hybridized carbons (Fsp3) is 0.304. The fourth-order valence-corrected chi connectivity index (χ4v) is 4.21. The maximum Gasteiger partial charge on any atom is 0.338 e. The molecule has 0 radical (unpaired) electrons. The topological polar surface area (TPSA) is 112 Å². The van der Waals surface area contributed by atoms with Crippen LogP contribution in [0.25, 0.3) is 0 Å². The van der Waals surface area contributed by atoms with Crippen LogP contribution in [0, 0.1) is 0 Å². The van der Waals surface area contributed by atoms with E-state index in [9.17, 15) is 9.59 Å². The van der Waals surface area contributed by atoms with Gasteiger partial charge in [0.15, 0.2) is 5.16 Å². The summed E-state index contributed by atoms with van der Waals surface area (Å²) in [5.74, 6) is 0.275. The fourth-order valence-electron chi connectivity index (χ4n) is 3.23. The number of aromatic nitrogens is 3. The monoisotopic (exact) mass is 453 g/mol. The molecule has 32 heavy (non-hydrogen) atoms. The number of nitrogens with one attached hydrogen (secondary N) is 1. The predicted octanol–water partition coefficient (Wildman–Crippen LogP) is 3.96. The molecule has 0 aliphatic carbocycles. The molecule has 1 atom stereocenters. The normalized spacial score (nSPS) is 11.7. The summed E-state index contributed by atoms with van der Waals surface area (Å²) in [6, 6.07) is 16.2. The number of thioether (sulfide) groups is 1. The van der Waals surface area contributed by atoms with Crippen molar-refractivity contribution < 1.29 is 14.3 Å². The van der Waals surface area contributed by atoms with Crippen molar-refractivity contribution in [3.8, 4) is 0 Å². The van der Waals surface area contributed by atoms with Crippen molar-refractivity contribution in [2.75, 3.05) is 23.4 Å². The lowest BCUT2D eigenvalue weighted by Crippen LogP contribution is -2.27. The molecule has 0 bridgehead atoms. The van der Waals surface area contributed by atoms with Crippen LogP contribution in [0.3, 0.4) is 0 Å². The Kier molecular flexibility index (Phi) is 8.27. The van der Waals surface area contributed by atoms with Crippen LogP contribution in [0.15, 0.2) is 59.8 Å². The smallest absolute Gasteiger partial charge is 0.338 e. The van der Waals surface area contributed by atoms with E-state index in [1.54, 1.807) is 35.8 Å². The van der Waals surface area contributed by atoms with Crippen LogP contribution in [-0.2, 0) is 16.0 Å². The Morgan fingerprint density at radius 3 is 2.62 bits per heavy atom. The van der Waals surface area contributed by atoms with E-state index in [2.05, 4.69) is 27.6 Å². The molecule has 0 saturated heterocycles. The second-order valence-electron chi connectivity index (χ2n) is 7.01. The second-order valence-corrected chi connectivity index (χ2v) is 8.07. The highest BCUT2D eigenvalue weighted by Crippen LogP contribution is 2.27. The minimum absolute atomic E-state index is 0.189. The van der Waals surface area contributed by atoms with Crippen molar-refractivity contribution >= 4 is 35.3 Å². The van der Waals surface area contributed by atoms with Crippen molar-refractivity contribution in [1.82, 2.24) is 14.8 Å². The average Bonchev–Trinajstić information content (AvgIpc) is 3.15. The molecule has 3 aromatic rings. The van der Waals surface area contributed by atoms with Gasteiger partial charge < -0.3 is 15.8 Å². The minimum atomic E-state index is -0.588. The van der Waals surface area contributed by atoms with Crippen molar-refractivity contribution in [1.29, 1.82) is 0 Å². The molecule has 1 amide bonds. The highest BCUT2D eigenvalue weighted by atomic mass is 32.2. The number of nitrogen functional groups attached to an aromatic ring is 1. The van der Waals surface area contributed by atoms with Gasteiger partial charge in [-0.2, -0.15) is 0 Å². The van der Waals surface area contributed by atoms with E-state index in [4.69, 9.17) is 10.5 Å². The second kappa shape index (κ2) is 11.3. The van der Waals surface area contributed by atoms with Gasteiger partial charge in [0.05, 0.1) is 12.2 Å². The third-order valence-corrected chi connectivity index (χ3v) is 5.74. The van der Waals surface area contributed by atoms with Gasteiger partial charge in [0.2, 0.25) is 11.9 Å². The molecule has 8 nitrogen and oxygen atoms in total. The van der Waals surface area contributed by atoms with Crippen LogP contribution >= 0.6 is 11.8 Å². The van der Waals surface area contributed by atoms with Crippen molar-refractivity contribution in [2.24, 2.45) is 0 Å². The van der Waals surface area contributed by atoms with Gasteiger partial charge in [-0.3, -0.25) is 9.36 Å². The van der Waals surface area contributed by atoms with E-state index in [1.807, 2.05) is 25.1 Å². The highest BCUT2D eigenvalue weighted by molar-refractivity contribution is 7.99. The lowest BCUT2D eigenvalue weighted by Gasteiger charge is -2.19. The number of ether oxygens (including phenoxy) is 1. The molecule has 168 valence electrons. The number of nitrogens with zero attached hydrogens (tertiary/aromatic N) is 3. The molecule has 9 heteroatoms. The number of nitrogens with two attached hydrogens (primary N) is 1. The first-order chi connectivity index (χ1) is 15.5. The van der Waals surface area contributed by atoms with Crippen molar-refractivity contribution in [3.05, 3.63) is 65.7 Å². The third-order valence-electron chi connectivity index (χ3n) is 4.80. The standard InChI is InChI=1S/C23H27N5O3S/c1-3-19(20(29)25-18-12-8-11-17(15-18)21(30)31-4-2)28-22(24)26-27-23(28)32-14-13-16-9-6-5-7-10-16/h5-12,15,19H,3-4,13-14H2,1-2H3,(H2,24,26)(H,25,29). The van der Waals surface area contributed by atoms with Gasteiger partial charge >= 0.3 is 5.97 Å². The number of hydrogen-bond donors (Lipinski definition) is 2. The molecule has 0 aliphatic heterocycles. The van der Waals surface area contributed by atoms with E-state index < -0.39 is 12.0 Å². The van der Waals surface area contributed by atoms with Crippen LogP contribution in [0.4, 0.5) is 11.6 Å². The van der Waals surface area contributed by atoms with E-state index in [-0.39, 0.29) is 18.5 Å². The van der Waals surface area contributed by atoms with Crippen LogP contribution in [0.5, 0.6) is 0 Å². The van der Waals surface area contributed by atoms with Gasteiger partial charge in [-0.25, -0.2) is 4.79 Å². The first kappa shape index (κ1) is 23.3. The van der Waals surface area contributed by atoms with Crippen LogP contribution in [0.2, 0.25) is 0 Å². The molecule has 0 saturated carbocycles. The molecular formula is C23H27N5O3S. The Morgan fingerprint density at radius 2 is 1.91 bits per heavy atom. The van der Waals surface area contributed by atoms with E-state index >= 15 is 0 Å². The predicted molar refractivity (Wildman–Crippen MR) is 126 cm³/mol. The maximum atomic E-state index is 13.1. The third kappa shape index (κ3) is 5.88. The molecule has 0 aliphatic rings. The number of amides is 1. The number of carbonyl (C=O) groups is 2. The van der Waals surface area contributed by atoms with E-state index in [1.165, 1.54) is 17.3 Å². The van der Waals surface area contributed by atoms with Gasteiger partial charge in [0.25, 0.3) is 0 Å². The number of hydrogen-bond acceptors (Lipinski definition) is 7. The van der Waals surface area contributed by atoms with E-state index in [0.29, 0.717) is 22.8 Å². The van der Waals surface area contributed by atoms with Crippen LogP contribution in [-0.4, -0.2) is 39.0 Å². The van der Waals surface area contributed by atoms with Crippen LogP contribution < -0.4 is 11.1 Å². The van der Waals surface area contributed by atoms with Gasteiger partial charge in [-0.15, -0.1) is 10.2 Å². The molecule has 0 fully saturated rings. The van der Waals surface area contributed by atoms with Crippen LogP contribution in [0.1, 0.15) is 42.2 Å². The largest absolute Gasteiger partial charge is 0.462 e. The quantitative estimate of drug-likeness (QED) is 0.353. The zero-order valence-corrected chi connectivity index (χ0v) is 19.0. The van der Waals surface area contributed by atoms with Gasteiger partial charge in [0.1, 0.15) is 6.04 Å².